The van der Waals surface area contributed by atoms with Gasteiger partial charge < -0.3 is 10.2 Å². The molecule has 1 heterocycles. The molecule has 2 aromatic carbocycles. The van der Waals surface area contributed by atoms with Gasteiger partial charge in [-0.05, 0) is 41.8 Å². The van der Waals surface area contributed by atoms with Gasteiger partial charge in [0.2, 0.25) is 0 Å². The summed E-state index contributed by atoms with van der Waals surface area (Å²) in [4.78, 5) is 20.1. The van der Waals surface area contributed by atoms with Crippen LogP contribution in [0.5, 0.6) is 5.75 Å². The van der Waals surface area contributed by atoms with Crippen LogP contribution in [0.15, 0.2) is 45.2 Å². The number of carboxylic acids is 1. The maximum absolute atomic E-state index is 10.9. The zero-order valence-corrected chi connectivity index (χ0v) is 13.7. The van der Waals surface area contributed by atoms with Gasteiger partial charge in [-0.25, -0.2) is 4.79 Å². The Bertz CT molecular complexity index is 820. The lowest BCUT2D eigenvalue weighted by molar-refractivity contribution is -0.137. The molecule has 0 bridgehead atoms. The number of aliphatic imine (C=N–C) groups is 2. The average Bonchev–Trinajstić information content (AvgIpc) is 3.01. The Hall–Kier alpha value is -1.99. The third-order valence-corrected chi connectivity index (χ3v) is 5.72. The van der Waals surface area contributed by atoms with Gasteiger partial charge in [0.05, 0.1) is 10.7 Å². The van der Waals surface area contributed by atoms with Crippen molar-refractivity contribution in [2.45, 2.75) is 10.9 Å². The van der Waals surface area contributed by atoms with E-state index in [-0.39, 0.29) is 5.75 Å². The number of fused-ring (bicyclic) bond motifs is 1. The van der Waals surface area contributed by atoms with E-state index in [1.165, 1.54) is 11.8 Å². The van der Waals surface area contributed by atoms with Gasteiger partial charge in [-0.2, -0.15) is 0 Å². The summed E-state index contributed by atoms with van der Waals surface area (Å²) in [5.74, 6) is 0.421. The number of benzene rings is 2. The number of phenols is 1. The molecule has 1 unspecified atom stereocenters. The molecule has 0 aromatic heterocycles. The third-order valence-electron chi connectivity index (χ3n) is 3.42. The highest BCUT2D eigenvalue weighted by Crippen LogP contribution is 2.36. The molecule has 3 rings (SSSR count). The summed E-state index contributed by atoms with van der Waals surface area (Å²) in [6.07, 6.45) is 0. The minimum Gasteiger partial charge on any atom is -0.508 e. The first-order valence-corrected chi connectivity index (χ1v) is 8.82. The third kappa shape index (κ3) is 3.51. The number of aromatic hydroxyl groups is 1. The van der Waals surface area contributed by atoms with Crippen LogP contribution in [0.25, 0.3) is 10.8 Å². The van der Waals surface area contributed by atoms with Crippen molar-refractivity contribution in [3.8, 4) is 5.75 Å². The lowest BCUT2D eigenvalue weighted by atomic mass is 10.1. The van der Waals surface area contributed by atoms with E-state index < -0.39 is 12.0 Å². The molecule has 2 aromatic rings. The van der Waals surface area contributed by atoms with Crippen molar-refractivity contribution in [3.63, 3.8) is 0 Å². The lowest BCUT2D eigenvalue weighted by Crippen LogP contribution is -2.17. The van der Waals surface area contributed by atoms with Gasteiger partial charge in [0.15, 0.2) is 6.04 Å². The molecule has 118 valence electrons. The smallest absolute Gasteiger partial charge is 0.329 e. The van der Waals surface area contributed by atoms with Crippen LogP contribution in [0.3, 0.4) is 0 Å². The van der Waals surface area contributed by atoms with E-state index in [1.807, 2.05) is 18.2 Å². The van der Waals surface area contributed by atoms with Crippen molar-refractivity contribution in [2.75, 3.05) is 11.5 Å². The minimum absolute atomic E-state index is 0.216. The fourth-order valence-corrected chi connectivity index (χ4v) is 4.37. The Morgan fingerprint density at radius 3 is 2.91 bits per heavy atom. The Morgan fingerprint density at radius 2 is 2.22 bits per heavy atom. The summed E-state index contributed by atoms with van der Waals surface area (Å²) in [5, 5.41) is 21.3. The largest absolute Gasteiger partial charge is 0.508 e. The molecule has 0 aliphatic carbocycles. The van der Waals surface area contributed by atoms with Gasteiger partial charge in [-0.15, -0.1) is 23.5 Å². The summed E-state index contributed by atoms with van der Waals surface area (Å²) in [6, 6.07) is 8.42. The summed E-state index contributed by atoms with van der Waals surface area (Å²) >= 11 is 3.02. The van der Waals surface area contributed by atoms with Crippen molar-refractivity contribution in [2.24, 2.45) is 9.98 Å². The predicted molar refractivity (Wildman–Crippen MR) is 96.9 cm³/mol. The number of nitrogens with zero attached hydrogens (tertiary/aromatic N) is 2. The van der Waals surface area contributed by atoms with Gasteiger partial charge in [-0.3, -0.25) is 9.98 Å². The zero-order valence-electron chi connectivity index (χ0n) is 12.1. The van der Waals surface area contributed by atoms with E-state index in [0.717, 1.165) is 26.4 Å². The van der Waals surface area contributed by atoms with Crippen molar-refractivity contribution < 1.29 is 15.0 Å². The molecule has 0 saturated heterocycles. The van der Waals surface area contributed by atoms with Crippen LogP contribution < -0.4 is 0 Å². The quantitative estimate of drug-likeness (QED) is 0.639. The summed E-state index contributed by atoms with van der Waals surface area (Å²) in [5.41, 5.74) is 0.770. The molecular weight excluding hydrogens is 332 g/mol. The lowest BCUT2D eigenvalue weighted by Gasteiger charge is -2.08. The fourth-order valence-electron chi connectivity index (χ4n) is 2.26. The number of rotatable bonds is 5. The highest BCUT2D eigenvalue weighted by molar-refractivity contribution is 8.16. The fraction of sp³-hybridized carbons (Fsp3) is 0.188. The molecule has 23 heavy (non-hydrogen) atoms. The average molecular weight is 346 g/mol. The normalized spacial score (nSPS) is 17.2. The number of thioether (sulfide) groups is 2. The number of hydrogen-bond donors (Lipinski definition) is 2. The molecule has 0 saturated carbocycles. The van der Waals surface area contributed by atoms with Gasteiger partial charge >= 0.3 is 5.97 Å². The molecular formula is C16H14N2O3S2. The Labute approximate surface area is 141 Å². The van der Waals surface area contributed by atoms with Crippen molar-refractivity contribution in [1.29, 1.82) is 0 Å². The molecule has 0 amide bonds. The highest BCUT2D eigenvalue weighted by Gasteiger charge is 2.24. The standard InChI is InChI=1S/C16H14N2O3S2/c1-17-12-5-9-2-3-11(19)4-10(9)6-14(12)22-8-15-18-13(7-23-15)16(20)21/h2-6,13,19H,1,7-8H2,(H,20,21). The predicted octanol–water partition coefficient (Wildman–Crippen LogP) is 3.57. The first kappa shape index (κ1) is 15.9. The molecule has 7 heteroatoms. The molecule has 1 aliphatic heterocycles. The Morgan fingerprint density at radius 1 is 1.39 bits per heavy atom. The number of aliphatic carboxylic acids is 1. The van der Waals surface area contributed by atoms with Gasteiger partial charge in [0, 0.05) is 16.4 Å². The Kier molecular flexibility index (Phi) is 4.58. The number of carbonyl (C=O) groups is 1. The van der Waals surface area contributed by atoms with E-state index in [4.69, 9.17) is 5.11 Å². The first-order valence-electron chi connectivity index (χ1n) is 6.85. The van der Waals surface area contributed by atoms with E-state index in [2.05, 4.69) is 16.7 Å². The second-order valence-corrected chi connectivity index (χ2v) is 7.10. The van der Waals surface area contributed by atoms with Crippen molar-refractivity contribution >= 4 is 57.7 Å². The molecule has 0 radical (unpaired) electrons. The van der Waals surface area contributed by atoms with Gasteiger partial charge in [0.25, 0.3) is 0 Å². The molecule has 0 spiro atoms. The van der Waals surface area contributed by atoms with Crippen LogP contribution in [0.2, 0.25) is 0 Å². The summed E-state index contributed by atoms with van der Waals surface area (Å²) in [6.45, 7) is 3.61. The van der Waals surface area contributed by atoms with Crippen molar-refractivity contribution in [3.05, 3.63) is 30.3 Å². The monoisotopic (exact) mass is 346 g/mol. The van der Waals surface area contributed by atoms with Gasteiger partial charge in [-0.1, -0.05) is 6.07 Å². The maximum Gasteiger partial charge on any atom is 0.329 e. The molecule has 0 fully saturated rings. The Balaban J connectivity index is 1.83. The van der Waals surface area contributed by atoms with Crippen LogP contribution >= 0.6 is 23.5 Å². The number of hydrogen-bond acceptors (Lipinski definition) is 6. The van der Waals surface area contributed by atoms with E-state index in [9.17, 15) is 9.90 Å². The van der Waals surface area contributed by atoms with Crippen LogP contribution in [-0.2, 0) is 4.79 Å². The highest BCUT2D eigenvalue weighted by atomic mass is 32.2. The van der Waals surface area contributed by atoms with Crippen LogP contribution in [0.1, 0.15) is 0 Å². The van der Waals surface area contributed by atoms with Crippen molar-refractivity contribution in [1.82, 2.24) is 0 Å². The number of carboxylic acid groups (broad SMARTS) is 1. The maximum atomic E-state index is 10.9. The van der Waals surface area contributed by atoms with Crippen LogP contribution in [0, 0.1) is 0 Å². The van der Waals surface area contributed by atoms with Crippen LogP contribution in [-0.4, -0.2) is 45.5 Å². The molecule has 5 nitrogen and oxygen atoms in total. The molecule has 2 N–H and O–H groups in total. The first-order chi connectivity index (χ1) is 11.1. The summed E-state index contributed by atoms with van der Waals surface area (Å²) < 4.78 is 0. The summed E-state index contributed by atoms with van der Waals surface area (Å²) in [7, 11) is 0. The van der Waals surface area contributed by atoms with Crippen LogP contribution in [0.4, 0.5) is 5.69 Å². The second kappa shape index (κ2) is 6.64. The number of phenolic OH excluding ortho intramolecular Hbond substituents is 1. The van der Waals surface area contributed by atoms with Gasteiger partial charge in [0.1, 0.15) is 5.75 Å². The zero-order chi connectivity index (χ0) is 16.4. The van der Waals surface area contributed by atoms with E-state index in [1.54, 1.807) is 23.9 Å². The minimum atomic E-state index is -0.882. The van der Waals surface area contributed by atoms with E-state index >= 15 is 0 Å². The SMILES string of the molecule is C=Nc1cc2ccc(O)cc2cc1SCC1=NC(C(=O)O)CS1. The molecule has 1 atom stereocenters. The molecule has 1 aliphatic rings. The second-order valence-electron chi connectivity index (χ2n) is 4.99. The topological polar surface area (TPSA) is 82.2 Å². The van der Waals surface area contributed by atoms with E-state index in [0.29, 0.717) is 11.5 Å².